The van der Waals surface area contributed by atoms with Crippen LogP contribution in [-0.4, -0.2) is 17.2 Å². The lowest BCUT2D eigenvalue weighted by molar-refractivity contribution is 0.574. The molecule has 51 heavy (non-hydrogen) atoms. The average molecular weight is 677 g/mol. The molecule has 1 unspecified atom stereocenters. The van der Waals surface area contributed by atoms with E-state index in [1.165, 1.54) is 82.1 Å². The minimum Gasteiger partial charge on any atom is -0.454 e. The van der Waals surface area contributed by atoms with Gasteiger partial charge in [-0.25, -0.2) is 0 Å². The summed E-state index contributed by atoms with van der Waals surface area (Å²) in [6.07, 6.45) is 3.43. The van der Waals surface area contributed by atoms with Crippen molar-refractivity contribution in [2.75, 3.05) is 0 Å². The van der Waals surface area contributed by atoms with Gasteiger partial charge in [0, 0.05) is 38.2 Å². The molecule has 1 aliphatic rings. The molecule has 3 heterocycles. The van der Waals surface area contributed by atoms with Crippen LogP contribution in [0.3, 0.4) is 0 Å². The molecule has 10 rings (SSSR count). The number of hydrogen-bond acceptors (Lipinski definition) is 1. The van der Waals surface area contributed by atoms with Gasteiger partial charge in [-0.2, -0.15) is 0 Å². The van der Waals surface area contributed by atoms with Gasteiger partial charge in [0.05, 0.1) is 35.8 Å². The predicted molar refractivity (Wildman–Crippen MR) is 219 cm³/mol. The van der Waals surface area contributed by atoms with Gasteiger partial charge in [-0.15, -0.1) is 0 Å². The summed E-state index contributed by atoms with van der Waals surface area (Å²) in [5, 5.41) is 7.74. The molecule has 1 aliphatic carbocycles. The highest BCUT2D eigenvalue weighted by atomic mass is 28.3. The van der Waals surface area contributed by atoms with Crippen molar-refractivity contribution in [3.63, 3.8) is 0 Å². The van der Waals surface area contributed by atoms with Crippen molar-refractivity contribution in [2.24, 2.45) is 5.92 Å². The SMILES string of the molecule is Cc1cc2c(cc1-c1ccc3c(c1)c1ccccc1n3-c1ccccc1)c1ccccc1n2C1=CC(C)Cc2c1oc1c([Si](C)(C)C)cccc21. The third kappa shape index (κ3) is 4.49. The molecule has 4 heteroatoms. The van der Waals surface area contributed by atoms with E-state index < -0.39 is 8.07 Å². The summed E-state index contributed by atoms with van der Waals surface area (Å²) >= 11 is 0. The van der Waals surface area contributed by atoms with E-state index in [4.69, 9.17) is 4.42 Å². The summed E-state index contributed by atoms with van der Waals surface area (Å²) in [5.74, 6) is 1.42. The van der Waals surface area contributed by atoms with Crippen LogP contribution in [0.5, 0.6) is 0 Å². The molecule has 0 saturated heterocycles. The number of aromatic nitrogens is 2. The number of aryl methyl sites for hydroxylation is 1. The molecule has 0 bridgehead atoms. The molecule has 0 aliphatic heterocycles. The lowest BCUT2D eigenvalue weighted by atomic mass is 9.91. The van der Waals surface area contributed by atoms with Crippen LogP contribution < -0.4 is 5.19 Å². The Hall–Kier alpha value is -5.58. The van der Waals surface area contributed by atoms with Crippen molar-refractivity contribution >= 4 is 73.5 Å². The van der Waals surface area contributed by atoms with Crippen LogP contribution in [0.4, 0.5) is 0 Å². The first-order chi connectivity index (χ1) is 24.8. The molecular weight excluding hydrogens is 637 g/mol. The van der Waals surface area contributed by atoms with Gasteiger partial charge in [-0.1, -0.05) is 112 Å². The van der Waals surface area contributed by atoms with Crippen molar-refractivity contribution in [1.82, 2.24) is 9.13 Å². The zero-order chi connectivity index (χ0) is 34.6. The van der Waals surface area contributed by atoms with E-state index >= 15 is 0 Å². The second-order valence-electron chi connectivity index (χ2n) is 15.5. The Morgan fingerprint density at radius 1 is 0.608 bits per heavy atom. The van der Waals surface area contributed by atoms with Crippen LogP contribution in [0.15, 0.2) is 138 Å². The van der Waals surface area contributed by atoms with Crippen LogP contribution in [0.1, 0.15) is 23.8 Å². The van der Waals surface area contributed by atoms with Gasteiger partial charge in [-0.3, -0.25) is 0 Å². The maximum absolute atomic E-state index is 7.01. The molecule has 9 aromatic rings. The summed E-state index contributed by atoms with van der Waals surface area (Å²) in [6.45, 7) is 11.8. The van der Waals surface area contributed by atoms with E-state index in [1.54, 1.807) is 0 Å². The van der Waals surface area contributed by atoms with E-state index in [0.29, 0.717) is 5.92 Å². The van der Waals surface area contributed by atoms with Crippen molar-refractivity contribution in [2.45, 2.75) is 39.9 Å². The summed E-state index contributed by atoms with van der Waals surface area (Å²) in [5.41, 5.74) is 13.4. The van der Waals surface area contributed by atoms with Gasteiger partial charge in [0.15, 0.2) is 5.76 Å². The number of hydrogen-bond donors (Lipinski definition) is 0. The molecule has 248 valence electrons. The molecule has 1 atom stereocenters. The topological polar surface area (TPSA) is 23.0 Å². The highest BCUT2D eigenvalue weighted by Gasteiger charge is 2.30. The van der Waals surface area contributed by atoms with E-state index in [-0.39, 0.29) is 0 Å². The van der Waals surface area contributed by atoms with Crippen LogP contribution in [0.2, 0.25) is 19.6 Å². The molecule has 0 saturated carbocycles. The third-order valence-electron chi connectivity index (χ3n) is 11.1. The highest BCUT2D eigenvalue weighted by molar-refractivity contribution is 6.90. The van der Waals surface area contributed by atoms with Crippen molar-refractivity contribution in [3.05, 3.63) is 150 Å². The molecular formula is C47H40N2OSi. The number of nitrogens with zero attached hydrogens (tertiary/aromatic N) is 2. The Morgan fingerprint density at radius 3 is 2.00 bits per heavy atom. The van der Waals surface area contributed by atoms with E-state index in [2.05, 4.69) is 176 Å². The minimum atomic E-state index is -1.62. The fraction of sp³-hybridized carbons (Fsp3) is 0.149. The third-order valence-corrected chi connectivity index (χ3v) is 13.1. The van der Waals surface area contributed by atoms with Crippen LogP contribution in [0.25, 0.3) is 77.1 Å². The number of furan rings is 1. The monoisotopic (exact) mass is 676 g/mol. The molecule has 0 spiro atoms. The second kappa shape index (κ2) is 11.0. The Bertz CT molecular complexity index is 2890. The van der Waals surface area contributed by atoms with Crippen LogP contribution >= 0.6 is 0 Å². The molecule has 6 aromatic carbocycles. The highest BCUT2D eigenvalue weighted by Crippen LogP contribution is 2.44. The van der Waals surface area contributed by atoms with Gasteiger partial charge in [0.2, 0.25) is 0 Å². The summed E-state index contributed by atoms with van der Waals surface area (Å²) in [4.78, 5) is 0. The summed E-state index contributed by atoms with van der Waals surface area (Å²) in [6, 6.07) is 47.0. The number of fused-ring (bicyclic) bond motifs is 9. The predicted octanol–water partition coefficient (Wildman–Crippen LogP) is 12.2. The first-order valence-corrected chi connectivity index (χ1v) is 21.7. The van der Waals surface area contributed by atoms with Crippen LogP contribution in [-0.2, 0) is 6.42 Å². The number of benzene rings is 6. The lowest BCUT2D eigenvalue weighted by Gasteiger charge is -2.20. The smallest absolute Gasteiger partial charge is 0.155 e. The lowest BCUT2D eigenvalue weighted by Crippen LogP contribution is -2.37. The number of para-hydroxylation sites is 4. The zero-order valence-electron chi connectivity index (χ0n) is 29.8. The van der Waals surface area contributed by atoms with E-state index in [9.17, 15) is 0 Å². The van der Waals surface area contributed by atoms with Gasteiger partial charge in [0.25, 0.3) is 0 Å². The van der Waals surface area contributed by atoms with Gasteiger partial charge in [0.1, 0.15) is 5.58 Å². The Labute approximate surface area is 299 Å². The minimum absolute atomic E-state index is 0.394. The standard InChI is InChI=1S/C47H40N2OSi/c1-29-24-39-35-18-13-21-45(51(3,4)5)47(35)50-46(39)44(25-29)49-41-20-12-10-17-34(41)38-28-36(30(2)26-43(38)49)31-22-23-42-37(27-31)33-16-9-11-19-40(33)48(42)32-14-7-6-8-15-32/h6-23,25-29H,24H2,1-5H3. The Morgan fingerprint density at radius 2 is 1.25 bits per heavy atom. The van der Waals surface area contributed by atoms with Gasteiger partial charge >= 0.3 is 0 Å². The normalized spacial score (nSPS) is 15.0. The molecule has 0 radical (unpaired) electrons. The summed E-state index contributed by atoms with van der Waals surface area (Å²) in [7, 11) is -1.62. The van der Waals surface area contributed by atoms with Gasteiger partial charge in [-0.05, 0) is 89.7 Å². The zero-order valence-corrected chi connectivity index (χ0v) is 30.8. The van der Waals surface area contributed by atoms with Crippen molar-refractivity contribution < 1.29 is 4.42 Å². The summed E-state index contributed by atoms with van der Waals surface area (Å²) < 4.78 is 11.9. The number of allylic oxidation sites excluding steroid dienone is 1. The van der Waals surface area contributed by atoms with Crippen LogP contribution in [0, 0.1) is 12.8 Å². The fourth-order valence-corrected chi connectivity index (χ4v) is 10.2. The average Bonchev–Trinajstić information content (AvgIpc) is 3.78. The first kappa shape index (κ1) is 30.3. The quantitative estimate of drug-likeness (QED) is 0.170. The molecule has 0 amide bonds. The molecule has 3 nitrogen and oxygen atoms in total. The largest absolute Gasteiger partial charge is 0.454 e. The molecule has 0 fully saturated rings. The number of rotatable bonds is 4. The van der Waals surface area contributed by atoms with Crippen molar-refractivity contribution in [3.8, 4) is 16.8 Å². The Balaban J connectivity index is 1.19. The Kier molecular flexibility index (Phi) is 6.50. The van der Waals surface area contributed by atoms with Gasteiger partial charge < -0.3 is 13.6 Å². The molecule has 3 aromatic heterocycles. The maximum atomic E-state index is 7.01. The van der Waals surface area contributed by atoms with Crippen molar-refractivity contribution in [1.29, 1.82) is 0 Å². The maximum Gasteiger partial charge on any atom is 0.155 e. The molecule has 0 N–H and O–H groups in total. The van der Waals surface area contributed by atoms with E-state index in [0.717, 1.165) is 23.5 Å². The fourth-order valence-electron chi connectivity index (χ4n) is 8.76. The first-order valence-electron chi connectivity index (χ1n) is 18.2. The van der Waals surface area contributed by atoms with E-state index in [1.807, 2.05) is 0 Å². The second-order valence-corrected chi connectivity index (χ2v) is 20.6.